The van der Waals surface area contributed by atoms with E-state index < -0.39 is 0 Å². The summed E-state index contributed by atoms with van der Waals surface area (Å²) in [5.41, 5.74) is 7.63. The largest absolute Gasteiger partial charge is 0.462 e. The first-order chi connectivity index (χ1) is 18.2. The molecule has 10 atom stereocenters. The Kier molecular flexibility index (Phi) is 7.17. The molecule has 5 aliphatic carbocycles. The van der Waals surface area contributed by atoms with Gasteiger partial charge in [-0.3, -0.25) is 9.59 Å². The van der Waals surface area contributed by atoms with E-state index in [-0.39, 0.29) is 45.1 Å². The zero-order valence-corrected chi connectivity index (χ0v) is 26.1. The lowest BCUT2D eigenvalue weighted by molar-refractivity contribution is -0.212. The lowest BCUT2D eigenvalue weighted by Crippen LogP contribution is -2.66. The molecule has 5 nitrogen and oxygen atoms in total. The molecule has 0 aromatic heterocycles. The Morgan fingerprint density at radius 2 is 1.69 bits per heavy atom. The van der Waals surface area contributed by atoms with E-state index in [1.54, 1.807) is 12.5 Å². The molecule has 4 fully saturated rings. The van der Waals surface area contributed by atoms with Crippen molar-refractivity contribution in [3.05, 3.63) is 11.6 Å². The quantitative estimate of drug-likeness (QED) is 0.309. The summed E-state index contributed by atoms with van der Waals surface area (Å²) in [6, 6.07) is 0. The molecule has 0 bridgehead atoms. The fraction of sp³-hybridized carbons (Fsp3) is 0.882. The van der Waals surface area contributed by atoms with Crippen molar-refractivity contribution >= 4 is 11.9 Å². The fourth-order valence-electron chi connectivity index (χ4n) is 11.6. The van der Waals surface area contributed by atoms with Gasteiger partial charge in [0.2, 0.25) is 5.91 Å². The van der Waals surface area contributed by atoms with Crippen molar-refractivity contribution < 1.29 is 14.3 Å². The van der Waals surface area contributed by atoms with Gasteiger partial charge >= 0.3 is 5.97 Å². The maximum absolute atomic E-state index is 13.9. The minimum Gasteiger partial charge on any atom is -0.462 e. The van der Waals surface area contributed by atoms with Crippen LogP contribution in [0.2, 0.25) is 0 Å². The number of ether oxygens (including phenoxy) is 1. The summed E-state index contributed by atoms with van der Waals surface area (Å²) in [6.07, 6.45) is 12.5. The van der Waals surface area contributed by atoms with Gasteiger partial charge in [0.15, 0.2) is 0 Å². The van der Waals surface area contributed by atoms with Crippen LogP contribution in [0, 0.1) is 56.7 Å². The van der Waals surface area contributed by atoms with Crippen molar-refractivity contribution in [2.75, 3.05) is 13.1 Å². The SMILES string of the molecule is CC(=O)O[C@H]1CC[C@]2(C)C3CC=C4[C@@H]5[C@@H](C)[C@H](C)CC[C@]5(C(=O)NCCN)CC[C@@]4(C)[C@]3(C)CC[C@H]2C1(C)C. The number of hydrogen-bond acceptors (Lipinski definition) is 4. The summed E-state index contributed by atoms with van der Waals surface area (Å²) < 4.78 is 5.91. The van der Waals surface area contributed by atoms with Gasteiger partial charge < -0.3 is 15.8 Å². The van der Waals surface area contributed by atoms with Crippen LogP contribution in [0.25, 0.3) is 0 Å². The first-order valence-corrected chi connectivity index (χ1v) is 16.0. The van der Waals surface area contributed by atoms with E-state index in [1.807, 2.05) is 0 Å². The van der Waals surface area contributed by atoms with Gasteiger partial charge in [-0.25, -0.2) is 0 Å². The van der Waals surface area contributed by atoms with Crippen LogP contribution in [0.4, 0.5) is 0 Å². The number of esters is 1. The number of fused-ring (bicyclic) bond motifs is 7. The highest BCUT2D eigenvalue weighted by atomic mass is 16.5. The van der Waals surface area contributed by atoms with E-state index in [0.29, 0.717) is 42.7 Å². The Labute approximate surface area is 237 Å². The number of carbonyl (C=O) groups excluding carboxylic acids is 2. The molecule has 5 aliphatic rings. The summed E-state index contributed by atoms with van der Waals surface area (Å²) in [4.78, 5) is 25.8. The van der Waals surface area contributed by atoms with Crippen LogP contribution in [-0.2, 0) is 14.3 Å². The zero-order valence-electron chi connectivity index (χ0n) is 26.1. The van der Waals surface area contributed by atoms with Crippen LogP contribution >= 0.6 is 0 Å². The average molecular weight is 541 g/mol. The Balaban J connectivity index is 1.54. The van der Waals surface area contributed by atoms with E-state index in [2.05, 4.69) is 59.9 Å². The van der Waals surface area contributed by atoms with Crippen LogP contribution in [-0.4, -0.2) is 31.1 Å². The molecule has 1 unspecified atom stereocenters. The number of carbonyl (C=O) groups is 2. The first-order valence-electron chi connectivity index (χ1n) is 16.0. The summed E-state index contributed by atoms with van der Waals surface area (Å²) in [5.74, 6) is 2.70. The molecule has 1 amide bonds. The Morgan fingerprint density at radius 1 is 0.974 bits per heavy atom. The number of amides is 1. The van der Waals surface area contributed by atoms with Crippen molar-refractivity contribution in [2.24, 2.45) is 62.4 Å². The van der Waals surface area contributed by atoms with Crippen molar-refractivity contribution in [2.45, 2.75) is 119 Å². The van der Waals surface area contributed by atoms with Crippen LogP contribution in [0.3, 0.4) is 0 Å². The second-order valence-corrected chi connectivity index (χ2v) is 15.8. The Morgan fingerprint density at radius 3 is 2.36 bits per heavy atom. The zero-order chi connectivity index (χ0) is 28.6. The predicted octanol–water partition coefficient (Wildman–Crippen LogP) is 6.65. The second-order valence-electron chi connectivity index (χ2n) is 15.8. The van der Waals surface area contributed by atoms with Crippen molar-refractivity contribution in [3.63, 3.8) is 0 Å². The molecule has 3 N–H and O–H groups in total. The van der Waals surface area contributed by atoms with Gasteiger partial charge in [-0.2, -0.15) is 0 Å². The summed E-state index contributed by atoms with van der Waals surface area (Å²) in [7, 11) is 0. The van der Waals surface area contributed by atoms with E-state index in [9.17, 15) is 9.59 Å². The van der Waals surface area contributed by atoms with Crippen molar-refractivity contribution in [1.82, 2.24) is 5.32 Å². The minimum atomic E-state index is -0.291. The lowest BCUT2D eigenvalue weighted by atomic mass is 9.33. The third-order valence-electron chi connectivity index (χ3n) is 14.1. The molecule has 5 rings (SSSR count). The predicted molar refractivity (Wildman–Crippen MR) is 157 cm³/mol. The highest BCUT2D eigenvalue weighted by Crippen LogP contribution is 2.75. The van der Waals surface area contributed by atoms with Gasteiger partial charge in [-0.1, -0.05) is 60.1 Å². The van der Waals surface area contributed by atoms with Gasteiger partial charge in [-0.05, 0) is 104 Å². The second kappa shape index (κ2) is 9.60. The molecule has 5 heteroatoms. The smallest absolute Gasteiger partial charge is 0.302 e. The number of hydrogen-bond donors (Lipinski definition) is 2. The molecular formula is C34H56N2O3. The lowest BCUT2D eigenvalue weighted by Gasteiger charge is -2.71. The average Bonchev–Trinajstić information content (AvgIpc) is 2.86. The molecule has 0 spiro atoms. The summed E-state index contributed by atoms with van der Waals surface area (Å²) in [6.45, 7) is 19.9. The number of rotatable bonds is 4. The summed E-state index contributed by atoms with van der Waals surface area (Å²) >= 11 is 0. The molecule has 4 saturated carbocycles. The number of nitrogens with two attached hydrogens (primary N) is 1. The minimum absolute atomic E-state index is 0.00891. The maximum Gasteiger partial charge on any atom is 0.302 e. The van der Waals surface area contributed by atoms with Gasteiger partial charge in [0.1, 0.15) is 6.10 Å². The highest BCUT2D eigenvalue weighted by Gasteiger charge is 2.69. The molecule has 0 saturated heterocycles. The van der Waals surface area contributed by atoms with Crippen LogP contribution in [0.1, 0.15) is 113 Å². The van der Waals surface area contributed by atoms with Crippen LogP contribution in [0.15, 0.2) is 11.6 Å². The number of allylic oxidation sites excluding steroid dienone is 2. The van der Waals surface area contributed by atoms with E-state index in [1.165, 1.54) is 12.8 Å². The van der Waals surface area contributed by atoms with Gasteiger partial charge in [-0.15, -0.1) is 0 Å². The fourth-order valence-corrected chi connectivity index (χ4v) is 11.6. The molecule has 39 heavy (non-hydrogen) atoms. The molecule has 0 aliphatic heterocycles. The summed E-state index contributed by atoms with van der Waals surface area (Å²) in [5, 5.41) is 3.24. The number of nitrogens with one attached hydrogen (secondary N) is 1. The van der Waals surface area contributed by atoms with E-state index in [4.69, 9.17) is 10.5 Å². The third kappa shape index (κ3) is 3.94. The Bertz CT molecular complexity index is 1040. The van der Waals surface area contributed by atoms with Crippen LogP contribution in [0.5, 0.6) is 0 Å². The van der Waals surface area contributed by atoms with E-state index >= 15 is 0 Å². The normalized spacial score (nSPS) is 48.4. The van der Waals surface area contributed by atoms with Gasteiger partial charge in [0.05, 0.1) is 5.41 Å². The van der Waals surface area contributed by atoms with Gasteiger partial charge in [0.25, 0.3) is 0 Å². The van der Waals surface area contributed by atoms with Crippen LogP contribution < -0.4 is 11.1 Å². The maximum atomic E-state index is 13.9. The standard InChI is InChI=1S/C34H56N2O3/c1-21-11-16-34(29(38)36-20-19-35)18-17-32(7)24(28(34)22(21)2)9-10-26-31(6)14-13-27(39-23(3)37)30(4,5)25(31)12-15-33(26,32)8/h9,21-22,25-28H,10-20,35H2,1-8H3,(H,36,38)/t21-,22+,25+,26?,27+,28+,31+,32-,33-,34+/m1/s1. The molecule has 0 heterocycles. The highest BCUT2D eigenvalue weighted by molar-refractivity contribution is 5.84. The topological polar surface area (TPSA) is 81.4 Å². The molecule has 0 aromatic carbocycles. The molecular weight excluding hydrogens is 484 g/mol. The molecule has 0 radical (unpaired) electrons. The van der Waals surface area contributed by atoms with E-state index in [0.717, 1.165) is 44.9 Å². The van der Waals surface area contributed by atoms with Crippen molar-refractivity contribution in [3.8, 4) is 0 Å². The molecule has 220 valence electrons. The third-order valence-corrected chi connectivity index (χ3v) is 14.1. The Hall–Kier alpha value is -1.36. The van der Waals surface area contributed by atoms with Crippen molar-refractivity contribution in [1.29, 1.82) is 0 Å². The van der Waals surface area contributed by atoms with Gasteiger partial charge in [0, 0.05) is 25.4 Å². The monoisotopic (exact) mass is 540 g/mol. The molecule has 0 aromatic rings. The first kappa shape index (κ1) is 29.1.